The molecule has 1 aromatic heterocycles. The van der Waals surface area contributed by atoms with Crippen LogP contribution in [0.3, 0.4) is 0 Å². The molecule has 0 fully saturated rings. The predicted octanol–water partition coefficient (Wildman–Crippen LogP) is 3.72. The van der Waals surface area contributed by atoms with Crippen molar-refractivity contribution in [2.45, 2.75) is 19.5 Å². The van der Waals surface area contributed by atoms with Gasteiger partial charge >= 0.3 is 12.1 Å². The van der Waals surface area contributed by atoms with Gasteiger partial charge in [-0.2, -0.15) is 13.2 Å². The smallest absolute Gasteiger partial charge is 0.417 e. The monoisotopic (exact) mass is 293 g/mol. The largest absolute Gasteiger partial charge is 0.466 e. The number of nitrogens with zero attached hydrogens (tertiary/aromatic N) is 1. The van der Waals surface area contributed by atoms with Gasteiger partial charge in [-0.15, -0.1) is 0 Å². The Morgan fingerprint density at radius 3 is 2.79 bits per heavy atom. The van der Waals surface area contributed by atoms with Gasteiger partial charge in [0.15, 0.2) is 0 Å². The minimum Gasteiger partial charge on any atom is -0.466 e. The highest BCUT2D eigenvalue weighted by molar-refractivity contribution is 6.30. The molecule has 1 rings (SSSR count). The van der Waals surface area contributed by atoms with Crippen molar-refractivity contribution in [2.75, 3.05) is 6.61 Å². The van der Waals surface area contributed by atoms with Gasteiger partial charge in [0.2, 0.25) is 0 Å². The Balaban J connectivity index is 2.83. The van der Waals surface area contributed by atoms with Crippen molar-refractivity contribution in [1.29, 1.82) is 0 Å². The van der Waals surface area contributed by atoms with Gasteiger partial charge in [-0.3, -0.25) is 4.79 Å². The molecule has 7 heteroatoms. The van der Waals surface area contributed by atoms with Gasteiger partial charge in [0.05, 0.1) is 18.6 Å². The molecular weight excluding hydrogens is 283 g/mol. The summed E-state index contributed by atoms with van der Waals surface area (Å²) in [7, 11) is 0. The molecular formula is C12H11ClF3NO2. The Hall–Kier alpha value is -1.56. The first-order chi connectivity index (χ1) is 8.84. The second-order valence-electron chi connectivity index (χ2n) is 3.51. The molecule has 0 spiro atoms. The lowest BCUT2D eigenvalue weighted by molar-refractivity contribution is -0.142. The van der Waals surface area contributed by atoms with E-state index in [0.717, 1.165) is 6.07 Å². The maximum absolute atomic E-state index is 12.5. The van der Waals surface area contributed by atoms with E-state index in [9.17, 15) is 18.0 Å². The molecule has 0 aliphatic heterocycles. The van der Waals surface area contributed by atoms with Gasteiger partial charge in [0, 0.05) is 11.8 Å². The van der Waals surface area contributed by atoms with Crippen LogP contribution in [0.15, 0.2) is 18.3 Å². The standard InChI is InChI=1S/C12H11ClF3NO2/c1-2-19-10(18)5-3-4-8-6-9(12(14,15)16)7-17-11(8)13/h3-4,6-7H,2,5H2,1H3. The lowest BCUT2D eigenvalue weighted by atomic mass is 10.2. The third-order valence-electron chi connectivity index (χ3n) is 2.08. The molecule has 0 unspecified atom stereocenters. The summed E-state index contributed by atoms with van der Waals surface area (Å²) in [6.07, 6.45) is -1.19. The molecule has 0 N–H and O–H groups in total. The summed E-state index contributed by atoms with van der Waals surface area (Å²) in [6.45, 7) is 1.91. The third-order valence-corrected chi connectivity index (χ3v) is 2.40. The van der Waals surface area contributed by atoms with E-state index < -0.39 is 17.7 Å². The molecule has 0 aliphatic carbocycles. The van der Waals surface area contributed by atoms with E-state index in [-0.39, 0.29) is 23.7 Å². The van der Waals surface area contributed by atoms with Gasteiger partial charge in [-0.05, 0) is 13.0 Å². The second-order valence-corrected chi connectivity index (χ2v) is 3.87. The number of rotatable bonds is 4. The van der Waals surface area contributed by atoms with Crippen LogP contribution in [0, 0.1) is 0 Å². The molecule has 0 bridgehead atoms. The number of carbonyl (C=O) groups excluding carboxylic acids is 1. The maximum Gasteiger partial charge on any atom is 0.417 e. The van der Waals surface area contributed by atoms with E-state index in [1.807, 2.05) is 0 Å². The molecule has 0 saturated heterocycles. The van der Waals surface area contributed by atoms with E-state index in [0.29, 0.717) is 6.20 Å². The van der Waals surface area contributed by atoms with Gasteiger partial charge in [-0.25, -0.2) is 4.98 Å². The number of ether oxygens (including phenoxy) is 1. The zero-order valence-corrected chi connectivity index (χ0v) is 10.8. The van der Waals surface area contributed by atoms with E-state index in [1.54, 1.807) is 6.92 Å². The SMILES string of the molecule is CCOC(=O)CC=Cc1cc(C(F)(F)F)cnc1Cl. The first-order valence-corrected chi connectivity index (χ1v) is 5.77. The molecule has 0 saturated carbocycles. The Morgan fingerprint density at radius 1 is 1.53 bits per heavy atom. The molecule has 0 amide bonds. The fourth-order valence-corrected chi connectivity index (χ4v) is 1.41. The quantitative estimate of drug-likeness (QED) is 0.627. The van der Waals surface area contributed by atoms with Crippen LogP contribution >= 0.6 is 11.6 Å². The number of hydrogen-bond acceptors (Lipinski definition) is 3. The topological polar surface area (TPSA) is 39.2 Å². The van der Waals surface area contributed by atoms with Gasteiger partial charge in [0.1, 0.15) is 5.15 Å². The van der Waals surface area contributed by atoms with Crippen LogP contribution in [0.1, 0.15) is 24.5 Å². The second kappa shape index (κ2) is 6.56. The lowest BCUT2D eigenvalue weighted by Crippen LogP contribution is -2.06. The van der Waals surface area contributed by atoms with Crippen molar-refractivity contribution < 1.29 is 22.7 Å². The molecule has 19 heavy (non-hydrogen) atoms. The van der Waals surface area contributed by atoms with Crippen molar-refractivity contribution in [3.05, 3.63) is 34.6 Å². The number of carbonyl (C=O) groups is 1. The van der Waals surface area contributed by atoms with Crippen LogP contribution in [0.5, 0.6) is 0 Å². The number of alkyl halides is 3. The van der Waals surface area contributed by atoms with Crippen LogP contribution in [0.25, 0.3) is 6.08 Å². The van der Waals surface area contributed by atoms with Crippen molar-refractivity contribution >= 4 is 23.6 Å². The van der Waals surface area contributed by atoms with Crippen molar-refractivity contribution in [2.24, 2.45) is 0 Å². The van der Waals surface area contributed by atoms with Crippen molar-refractivity contribution in [1.82, 2.24) is 4.98 Å². The summed E-state index contributed by atoms with van der Waals surface area (Å²) in [6, 6.07) is 0.872. The highest BCUT2D eigenvalue weighted by atomic mass is 35.5. The predicted molar refractivity (Wildman–Crippen MR) is 64.5 cm³/mol. The van der Waals surface area contributed by atoms with Crippen LogP contribution in [-0.2, 0) is 15.7 Å². The Labute approximate surface area is 113 Å². The fraction of sp³-hybridized carbons (Fsp3) is 0.333. The number of aromatic nitrogens is 1. The summed E-state index contributed by atoms with van der Waals surface area (Å²) >= 11 is 5.68. The van der Waals surface area contributed by atoms with Crippen LogP contribution < -0.4 is 0 Å². The molecule has 0 atom stereocenters. The fourth-order valence-electron chi connectivity index (χ4n) is 1.24. The number of hydrogen-bond donors (Lipinski definition) is 0. The van der Waals surface area contributed by atoms with E-state index in [1.165, 1.54) is 12.2 Å². The summed E-state index contributed by atoms with van der Waals surface area (Å²) in [4.78, 5) is 14.5. The van der Waals surface area contributed by atoms with Gasteiger partial charge in [-0.1, -0.05) is 23.8 Å². The normalized spacial score (nSPS) is 11.8. The highest BCUT2D eigenvalue weighted by Crippen LogP contribution is 2.30. The molecule has 0 aliphatic rings. The first-order valence-electron chi connectivity index (χ1n) is 5.39. The summed E-state index contributed by atoms with van der Waals surface area (Å²) in [5, 5.41) is -0.0619. The molecule has 3 nitrogen and oxygen atoms in total. The zero-order valence-electron chi connectivity index (χ0n) is 10.00. The highest BCUT2D eigenvalue weighted by Gasteiger charge is 2.31. The van der Waals surface area contributed by atoms with Crippen molar-refractivity contribution in [3.8, 4) is 0 Å². The average molecular weight is 294 g/mol. The Morgan fingerprint density at radius 2 is 2.21 bits per heavy atom. The van der Waals surface area contributed by atoms with E-state index >= 15 is 0 Å². The van der Waals surface area contributed by atoms with Crippen LogP contribution in [0.2, 0.25) is 5.15 Å². The molecule has 1 heterocycles. The minimum atomic E-state index is -4.48. The molecule has 104 valence electrons. The molecule has 0 radical (unpaired) electrons. The maximum atomic E-state index is 12.5. The summed E-state index contributed by atoms with van der Waals surface area (Å²) in [5.74, 6) is -0.463. The van der Waals surface area contributed by atoms with Gasteiger partial charge in [0.25, 0.3) is 0 Å². The third kappa shape index (κ3) is 4.90. The zero-order chi connectivity index (χ0) is 14.5. The molecule has 0 aromatic carbocycles. The first kappa shape index (κ1) is 15.5. The van der Waals surface area contributed by atoms with E-state index in [2.05, 4.69) is 9.72 Å². The Bertz CT molecular complexity index is 486. The average Bonchev–Trinajstić information content (AvgIpc) is 2.30. The summed E-state index contributed by atoms with van der Waals surface area (Å²) < 4.78 is 42.1. The van der Waals surface area contributed by atoms with Gasteiger partial charge < -0.3 is 4.74 Å². The minimum absolute atomic E-state index is 0.0413. The number of pyridine rings is 1. The van der Waals surface area contributed by atoms with Crippen LogP contribution in [0.4, 0.5) is 13.2 Å². The van der Waals surface area contributed by atoms with Crippen molar-refractivity contribution in [3.63, 3.8) is 0 Å². The number of halogens is 4. The van der Waals surface area contributed by atoms with Crippen LogP contribution in [-0.4, -0.2) is 17.6 Å². The lowest BCUT2D eigenvalue weighted by Gasteiger charge is -2.07. The Kier molecular flexibility index (Phi) is 5.35. The molecule has 1 aromatic rings. The number of esters is 1. The van der Waals surface area contributed by atoms with E-state index in [4.69, 9.17) is 11.6 Å². The summed E-state index contributed by atoms with van der Waals surface area (Å²) in [5.41, 5.74) is -0.798.